The second-order valence-electron chi connectivity index (χ2n) is 8.13. The van der Waals surface area contributed by atoms with E-state index in [9.17, 15) is 9.59 Å². The zero-order valence-electron chi connectivity index (χ0n) is 19.1. The third kappa shape index (κ3) is 7.75. The number of rotatable bonds is 8. The molecule has 1 aliphatic heterocycles. The van der Waals surface area contributed by atoms with Crippen LogP contribution in [0.25, 0.3) is 0 Å². The topological polar surface area (TPSA) is 103 Å². The number of aromatic nitrogens is 3. The first-order chi connectivity index (χ1) is 15.8. The number of carbonyl (C=O) groups is 2. The van der Waals surface area contributed by atoms with Crippen molar-refractivity contribution in [3.63, 3.8) is 0 Å². The van der Waals surface area contributed by atoms with Crippen LogP contribution in [0.15, 0.2) is 35.6 Å². The van der Waals surface area contributed by atoms with Crippen molar-refractivity contribution in [1.82, 2.24) is 30.5 Å². The number of thioether (sulfide) groups is 1. The second kappa shape index (κ2) is 12.0. The van der Waals surface area contributed by atoms with Crippen LogP contribution in [0.3, 0.4) is 0 Å². The van der Waals surface area contributed by atoms with Crippen LogP contribution < -0.4 is 15.5 Å². The summed E-state index contributed by atoms with van der Waals surface area (Å²) in [5, 5.41) is 6.60. The predicted molar refractivity (Wildman–Crippen MR) is 131 cm³/mol. The third-order valence-electron chi connectivity index (χ3n) is 5.05. The molecule has 1 unspecified atom stereocenters. The molecule has 178 valence electrons. The lowest BCUT2D eigenvalue weighted by molar-refractivity contribution is -0.118. The standard InChI is InChI=1S/C22H30ClN7O2S/c1-15(2)26-22(32)30-11-10-29(13-16(30)3)19-12-18(23)27-21(28-19)33-14-20(31)25-9-7-17-6-4-5-8-24-17/h4-6,8,12,15-16H,7,9-11,13-14H2,1-3H3,(H,25,31)(H,26,32). The molecule has 1 saturated heterocycles. The number of hydrogen-bond acceptors (Lipinski definition) is 7. The maximum absolute atomic E-state index is 12.4. The molecule has 2 aromatic rings. The number of nitrogens with zero attached hydrogens (tertiary/aromatic N) is 5. The first-order valence-corrected chi connectivity index (χ1v) is 12.3. The van der Waals surface area contributed by atoms with E-state index in [-0.39, 0.29) is 29.8 Å². The van der Waals surface area contributed by atoms with E-state index >= 15 is 0 Å². The van der Waals surface area contributed by atoms with Gasteiger partial charge in [-0.1, -0.05) is 29.4 Å². The Morgan fingerprint density at radius 3 is 2.79 bits per heavy atom. The maximum Gasteiger partial charge on any atom is 0.317 e. The molecular formula is C22H30ClN7O2S. The molecule has 0 aliphatic carbocycles. The molecular weight excluding hydrogens is 462 g/mol. The fourth-order valence-corrected chi connectivity index (χ4v) is 4.38. The quantitative estimate of drug-likeness (QED) is 0.332. The van der Waals surface area contributed by atoms with E-state index in [4.69, 9.17) is 11.6 Å². The minimum Gasteiger partial charge on any atom is -0.355 e. The molecule has 9 nitrogen and oxygen atoms in total. The van der Waals surface area contributed by atoms with Crippen molar-refractivity contribution in [3.05, 3.63) is 41.3 Å². The van der Waals surface area contributed by atoms with Crippen LogP contribution in [-0.2, 0) is 11.2 Å². The van der Waals surface area contributed by atoms with Crippen molar-refractivity contribution in [2.75, 3.05) is 36.8 Å². The predicted octanol–water partition coefficient (Wildman–Crippen LogP) is 2.60. The number of halogens is 1. The van der Waals surface area contributed by atoms with Gasteiger partial charge in [0.15, 0.2) is 5.16 Å². The van der Waals surface area contributed by atoms with E-state index in [1.54, 1.807) is 12.3 Å². The number of hydrogen-bond donors (Lipinski definition) is 2. The van der Waals surface area contributed by atoms with E-state index in [0.29, 0.717) is 48.7 Å². The molecule has 0 saturated carbocycles. The van der Waals surface area contributed by atoms with Gasteiger partial charge in [0.2, 0.25) is 5.91 Å². The van der Waals surface area contributed by atoms with Crippen LogP contribution in [0.5, 0.6) is 0 Å². The average molecular weight is 492 g/mol. The van der Waals surface area contributed by atoms with E-state index < -0.39 is 0 Å². The van der Waals surface area contributed by atoms with Gasteiger partial charge in [-0.15, -0.1) is 0 Å². The van der Waals surface area contributed by atoms with Crippen molar-refractivity contribution in [2.24, 2.45) is 0 Å². The van der Waals surface area contributed by atoms with Gasteiger partial charge in [0.25, 0.3) is 0 Å². The molecule has 33 heavy (non-hydrogen) atoms. The molecule has 2 N–H and O–H groups in total. The first kappa shape index (κ1) is 25.0. The van der Waals surface area contributed by atoms with Gasteiger partial charge in [0.05, 0.1) is 5.75 Å². The van der Waals surface area contributed by atoms with Crippen LogP contribution in [0.4, 0.5) is 10.6 Å². The summed E-state index contributed by atoms with van der Waals surface area (Å²) in [5.74, 6) is 0.796. The van der Waals surface area contributed by atoms with E-state index in [2.05, 4.69) is 30.5 Å². The van der Waals surface area contributed by atoms with Gasteiger partial charge in [-0.05, 0) is 32.9 Å². The van der Waals surface area contributed by atoms with E-state index in [1.165, 1.54) is 11.8 Å². The summed E-state index contributed by atoms with van der Waals surface area (Å²) in [7, 11) is 0. The highest BCUT2D eigenvalue weighted by molar-refractivity contribution is 7.99. The van der Waals surface area contributed by atoms with Gasteiger partial charge in [0, 0.05) is 62.6 Å². The van der Waals surface area contributed by atoms with Crippen molar-refractivity contribution < 1.29 is 9.59 Å². The Bertz CT molecular complexity index is 948. The molecule has 1 atom stereocenters. The molecule has 1 aliphatic rings. The lowest BCUT2D eigenvalue weighted by Gasteiger charge is -2.40. The molecule has 0 spiro atoms. The monoisotopic (exact) mass is 491 g/mol. The average Bonchev–Trinajstić information content (AvgIpc) is 2.77. The highest BCUT2D eigenvalue weighted by atomic mass is 35.5. The van der Waals surface area contributed by atoms with Gasteiger partial charge < -0.3 is 20.4 Å². The summed E-state index contributed by atoms with van der Waals surface area (Å²) in [6, 6.07) is 7.50. The van der Waals surface area contributed by atoms with Gasteiger partial charge in [-0.3, -0.25) is 9.78 Å². The minimum absolute atomic E-state index is 0.0206. The van der Waals surface area contributed by atoms with E-state index in [0.717, 1.165) is 5.69 Å². The van der Waals surface area contributed by atoms with Crippen LogP contribution in [0, 0.1) is 0 Å². The largest absolute Gasteiger partial charge is 0.355 e. The summed E-state index contributed by atoms with van der Waals surface area (Å²) < 4.78 is 0. The Hall–Kier alpha value is -2.59. The van der Waals surface area contributed by atoms with Crippen molar-refractivity contribution in [1.29, 1.82) is 0 Å². The zero-order chi connectivity index (χ0) is 23.8. The van der Waals surface area contributed by atoms with Gasteiger partial charge in [-0.2, -0.15) is 0 Å². The summed E-state index contributed by atoms with van der Waals surface area (Å²) >= 11 is 7.48. The number of urea groups is 1. The Morgan fingerprint density at radius 1 is 1.27 bits per heavy atom. The fourth-order valence-electron chi connectivity index (χ4n) is 3.47. The summed E-state index contributed by atoms with van der Waals surface area (Å²) in [5.41, 5.74) is 0.935. The number of carbonyl (C=O) groups excluding carboxylic acids is 2. The van der Waals surface area contributed by atoms with Gasteiger partial charge >= 0.3 is 6.03 Å². The third-order valence-corrected chi connectivity index (χ3v) is 6.09. The van der Waals surface area contributed by atoms with Crippen molar-refractivity contribution in [2.45, 2.75) is 44.4 Å². The number of amides is 3. The molecule has 3 heterocycles. The van der Waals surface area contributed by atoms with Gasteiger partial charge in [0.1, 0.15) is 11.0 Å². The molecule has 0 bridgehead atoms. The Balaban J connectivity index is 1.51. The fraction of sp³-hybridized carbons (Fsp3) is 0.500. The minimum atomic E-state index is -0.0977. The SMILES string of the molecule is CC(C)NC(=O)N1CCN(c2cc(Cl)nc(SCC(=O)NCCc3ccccn3)n2)CC1C. The molecule has 0 radical (unpaired) electrons. The van der Waals surface area contributed by atoms with Crippen LogP contribution in [0.2, 0.25) is 5.15 Å². The Morgan fingerprint density at radius 2 is 2.09 bits per heavy atom. The number of anilines is 1. The molecule has 3 rings (SSSR count). The highest BCUT2D eigenvalue weighted by Crippen LogP contribution is 2.24. The first-order valence-electron chi connectivity index (χ1n) is 11.0. The van der Waals surface area contributed by atoms with E-state index in [1.807, 2.05) is 43.9 Å². The Labute approximate surface area is 203 Å². The zero-order valence-corrected chi connectivity index (χ0v) is 20.7. The maximum atomic E-state index is 12.4. The Kier molecular flexibility index (Phi) is 9.13. The molecule has 1 fully saturated rings. The number of pyridine rings is 1. The highest BCUT2D eigenvalue weighted by Gasteiger charge is 2.28. The smallest absolute Gasteiger partial charge is 0.317 e. The summed E-state index contributed by atoms with van der Waals surface area (Å²) in [6.07, 6.45) is 2.41. The van der Waals surface area contributed by atoms with Gasteiger partial charge in [-0.25, -0.2) is 14.8 Å². The summed E-state index contributed by atoms with van der Waals surface area (Å²) in [6.45, 7) is 8.29. The lowest BCUT2D eigenvalue weighted by atomic mass is 10.2. The molecule has 2 aromatic heterocycles. The second-order valence-corrected chi connectivity index (χ2v) is 9.46. The van der Waals surface area contributed by atoms with Crippen LogP contribution in [0.1, 0.15) is 26.5 Å². The molecule has 0 aromatic carbocycles. The molecule has 11 heteroatoms. The van der Waals surface area contributed by atoms with Crippen LogP contribution >= 0.6 is 23.4 Å². The van der Waals surface area contributed by atoms with Crippen molar-refractivity contribution >= 4 is 41.1 Å². The number of nitrogens with one attached hydrogen (secondary N) is 2. The summed E-state index contributed by atoms with van der Waals surface area (Å²) in [4.78, 5) is 41.6. The van der Waals surface area contributed by atoms with Crippen molar-refractivity contribution in [3.8, 4) is 0 Å². The normalized spacial score (nSPS) is 16.1. The van der Waals surface area contributed by atoms with Crippen LogP contribution in [-0.4, -0.2) is 75.8 Å². The number of piperazine rings is 1. The lowest BCUT2D eigenvalue weighted by Crippen LogP contribution is -2.57. The molecule has 3 amide bonds.